The molecule has 0 bridgehead atoms. The summed E-state index contributed by atoms with van der Waals surface area (Å²) >= 11 is 0. The number of carbonyl (C=O) groups excluding carboxylic acids is 2. The minimum absolute atomic E-state index is 0.0105. The Bertz CT molecular complexity index is 302. The molecule has 0 saturated carbocycles. The highest BCUT2D eigenvalue weighted by Gasteiger charge is 2.23. The molecule has 0 aromatic heterocycles. The van der Waals surface area contributed by atoms with Crippen molar-refractivity contribution in [2.75, 3.05) is 28.3 Å². The van der Waals surface area contributed by atoms with Crippen LogP contribution in [0.4, 0.5) is 0 Å². The topological polar surface area (TPSA) is 55.8 Å². The van der Waals surface area contributed by atoms with Crippen molar-refractivity contribution < 1.29 is 19.1 Å². The molecule has 0 heterocycles. The Balaban J connectivity index is 5.11. The lowest BCUT2D eigenvalue weighted by molar-refractivity contribution is -0.144. The Labute approximate surface area is 102 Å². The second kappa shape index (κ2) is 7.06. The van der Waals surface area contributed by atoms with Gasteiger partial charge < -0.3 is 14.4 Å². The number of nitrogens with zero attached hydrogens (tertiary/aromatic N) is 1. The van der Waals surface area contributed by atoms with Crippen molar-refractivity contribution in [2.45, 2.75) is 26.3 Å². The molecule has 0 aliphatic heterocycles. The van der Waals surface area contributed by atoms with E-state index in [0.29, 0.717) is 12.0 Å². The molecular weight excluding hydrogens is 222 g/mol. The van der Waals surface area contributed by atoms with Gasteiger partial charge in [-0.2, -0.15) is 0 Å². The standard InChI is InChI=1S/C12H21NO4/c1-8(7-9(2)13(3)4)10(11(14)16-5)12(15)17-6/h9H,7H2,1-6H3. The Morgan fingerprint density at radius 2 is 1.53 bits per heavy atom. The molecule has 0 saturated heterocycles. The fraction of sp³-hybridized carbons (Fsp3) is 0.667. The largest absolute Gasteiger partial charge is 0.465 e. The van der Waals surface area contributed by atoms with E-state index < -0.39 is 11.9 Å². The van der Waals surface area contributed by atoms with E-state index in [1.165, 1.54) is 14.2 Å². The number of hydrogen-bond donors (Lipinski definition) is 0. The van der Waals surface area contributed by atoms with Gasteiger partial charge in [-0.25, -0.2) is 9.59 Å². The van der Waals surface area contributed by atoms with Gasteiger partial charge >= 0.3 is 11.9 Å². The monoisotopic (exact) mass is 243 g/mol. The van der Waals surface area contributed by atoms with Gasteiger partial charge in [0.05, 0.1) is 14.2 Å². The van der Waals surface area contributed by atoms with Crippen LogP contribution in [0.1, 0.15) is 20.3 Å². The average Bonchev–Trinajstić information content (AvgIpc) is 2.28. The molecular formula is C12H21NO4. The minimum Gasteiger partial charge on any atom is -0.465 e. The summed E-state index contributed by atoms with van der Waals surface area (Å²) in [6.45, 7) is 3.75. The number of ether oxygens (including phenoxy) is 2. The maximum atomic E-state index is 11.5. The molecule has 17 heavy (non-hydrogen) atoms. The smallest absolute Gasteiger partial charge is 0.345 e. The lowest BCUT2D eigenvalue weighted by Gasteiger charge is -2.20. The van der Waals surface area contributed by atoms with Gasteiger partial charge in [0.15, 0.2) is 0 Å². The summed E-state index contributed by atoms with van der Waals surface area (Å²) in [5, 5.41) is 0. The van der Waals surface area contributed by atoms with Crippen LogP contribution in [0.3, 0.4) is 0 Å². The third-order valence-electron chi connectivity index (χ3n) is 2.69. The third kappa shape index (κ3) is 4.56. The third-order valence-corrected chi connectivity index (χ3v) is 2.69. The Morgan fingerprint density at radius 3 is 1.82 bits per heavy atom. The lowest BCUT2D eigenvalue weighted by Crippen LogP contribution is -2.26. The van der Waals surface area contributed by atoms with Gasteiger partial charge in [0.25, 0.3) is 0 Å². The van der Waals surface area contributed by atoms with E-state index in [9.17, 15) is 9.59 Å². The van der Waals surface area contributed by atoms with Crippen molar-refractivity contribution >= 4 is 11.9 Å². The summed E-state index contributed by atoms with van der Waals surface area (Å²) in [4.78, 5) is 25.0. The molecule has 0 amide bonds. The van der Waals surface area contributed by atoms with Crippen LogP contribution in [0.25, 0.3) is 0 Å². The van der Waals surface area contributed by atoms with E-state index in [1.54, 1.807) is 6.92 Å². The van der Waals surface area contributed by atoms with Crippen molar-refractivity contribution in [2.24, 2.45) is 0 Å². The normalized spacial score (nSPS) is 11.9. The molecule has 5 heteroatoms. The SMILES string of the molecule is COC(=O)C(C(=O)OC)=C(C)CC(C)N(C)C. The molecule has 0 aromatic rings. The summed E-state index contributed by atoms with van der Waals surface area (Å²) in [6.07, 6.45) is 0.604. The molecule has 0 N–H and O–H groups in total. The summed E-state index contributed by atoms with van der Waals surface area (Å²) in [7, 11) is 6.36. The van der Waals surface area contributed by atoms with Crippen molar-refractivity contribution in [3.8, 4) is 0 Å². The van der Waals surface area contributed by atoms with Crippen LogP contribution in [-0.4, -0.2) is 51.2 Å². The maximum Gasteiger partial charge on any atom is 0.345 e. The van der Waals surface area contributed by atoms with Gasteiger partial charge in [-0.1, -0.05) is 0 Å². The van der Waals surface area contributed by atoms with Gasteiger partial charge in [0, 0.05) is 6.04 Å². The van der Waals surface area contributed by atoms with Gasteiger partial charge in [-0.15, -0.1) is 0 Å². The van der Waals surface area contributed by atoms with Crippen LogP contribution < -0.4 is 0 Å². The summed E-state index contributed by atoms with van der Waals surface area (Å²) in [6, 6.07) is 0.222. The van der Waals surface area contributed by atoms with Crippen molar-refractivity contribution in [3.63, 3.8) is 0 Å². The van der Waals surface area contributed by atoms with Crippen molar-refractivity contribution in [1.82, 2.24) is 4.90 Å². The molecule has 0 aliphatic rings. The molecule has 0 aliphatic carbocycles. The zero-order valence-electron chi connectivity index (χ0n) is 11.4. The van der Waals surface area contributed by atoms with Crippen LogP contribution in [0.2, 0.25) is 0 Å². The number of hydrogen-bond acceptors (Lipinski definition) is 5. The van der Waals surface area contributed by atoms with E-state index >= 15 is 0 Å². The van der Waals surface area contributed by atoms with E-state index in [0.717, 1.165) is 0 Å². The van der Waals surface area contributed by atoms with Crippen molar-refractivity contribution in [1.29, 1.82) is 0 Å². The summed E-state index contributed by atoms with van der Waals surface area (Å²) < 4.78 is 9.17. The molecule has 98 valence electrons. The molecule has 0 rings (SSSR count). The van der Waals surface area contributed by atoms with Crippen LogP contribution >= 0.6 is 0 Å². The second-order valence-electron chi connectivity index (χ2n) is 4.16. The second-order valence-corrected chi connectivity index (χ2v) is 4.16. The fourth-order valence-corrected chi connectivity index (χ4v) is 1.36. The van der Waals surface area contributed by atoms with Crippen LogP contribution in [0.15, 0.2) is 11.1 Å². The molecule has 0 radical (unpaired) electrons. The first-order valence-corrected chi connectivity index (χ1v) is 5.37. The molecule has 0 aromatic carbocycles. The predicted molar refractivity (Wildman–Crippen MR) is 64.5 cm³/mol. The Kier molecular flexibility index (Phi) is 6.50. The fourth-order valence-electron chi connectivity index (χ4n) is 1.36. The zero-order chi connectivity index (χ0) is 13.6. The van der Waals surface area contributed by atoms with Gasteiger partial charge in [-0.3, -0.25) is 0 Å². The first-order chi connectivity index (χ1) is 7.84. The van der Waals surface area contributed by atoms with Crippen LogP contribution in [-0.2, 0) is 19.1 Å². The summed E-state index contributed by atoms with van der Waals surface area (Å²) in [5.41, 5.74) is 0.661. The van der Waals surface area contributed by atoms with E-state index in [2.05, 4.69) is 9.47 Å². The van der Waals surface area contributed by atoms with E-state index in [-0.39, 0.29) is 11.6 Å². The highest BCUT2D eigenvalue weighted by Crippen LogP contribution is 2.15. The lowest BCUT2D eigenvalue weighted by atomic mass is 10.0. The van der Waals surface area contributed by atoms with Gasteiger partial charge in [-0.05, 0) is 39.9 Å². The molecule has 5 nitrogen and oxygen atoms in total. The number of rotatable bonds is 5. The van der Waals surface area contributed by atoms with Crippen molar-refractivity contribution in [3.05, 3.63) is 11.1 Å². The first-order valence-electron chi connectivity index (χ1n) is 5.37. The molecule has 1 unspecified atom stereocenters. The van der Waals surface area contributed by atoms with E-state index in [1.807, 2.05) is 25.9 Å². The number of carbonyl (C=O) groups is 2. The molecule has 0 spiro atoms. The highest BCUT2D eigenvalue weighted by atomic mass is 16.5. The molecule has 0 fully saturated rings. The molecule has 1 atom stereocenters. The number of esters is 2. The van der Waals surface area contributed by atoms with E-state index in [4.69, 9.17) is 0 Å². The van der Waals surface area contributed by atoms with Gasteiger partial charge in [0.1, 0.15) is 5.57 Å². The quantitative estimate of drug-likeness (QED) is 0.312. The first kappa shape index (κ1) is 15.6. The predicted octanol–water partition coefficient (Wildman–Crippen LogP) is 0.989. The number of methoxy groups -OCH3 is 2. The Morgan fingerprint density at radius 1 is 1.12 bits per heavy atom. The van der Waals surface area contributed by atoms with Crippen LogP contribution in [0, 0.1) is 0 Å². The maximum absolute atomic E-state index is 11.5. The van der Waals surface area contributed by atoms with Crippen LogP contribution in [0.5, 0.6) is 0 Å². The zero-order valence-corrected chi connectivity index (χ0v) is 11.4. The average molecular weight is 243 g/mol. The van der Waals surface area contributed by atoms with Gasteiger partial charge in [0.2, 0.25) is 0 Å². The summed E-state index contributed by atoms with van der Waals surface area (Å²) in [5.74, 6) is -1.30. The Hall–Kier alpha value is -1.36. The minimum atomic E-state index is -0.652. The highest BCUT2D eigenvalue weighted by molar-refractivity contribution is 6.14.